The van der Waals surface area contributed by atoms with Crippen LogP contribution in [-0.4, -0.2) is 11.5 Å². The zero-order valence-electron chi connectivity index (χ0n) is 10.2. The number of aromatic nitrogens is 1. The molecule has 2 heteroatoms. The zero-order valence-corrected chi connectivity index (χ0v) is 10.2. The number of para-hydroxylation sites is 1. The lowest BCUT2D eigenvalue weighted by Crippen LogP contribution is -2.06. The first kappa shape index (κ1) is 11.6. The third-order valence-corrected chi connectivity index (χ3v) is 2.88. The maximum atomic E-state index is 4.02. The number of aryl methyl sites for hydroxylation is 1. The highest BCUT2D eigenvalue weighted by atomic mass is 14.9. The fraction of sp³-hybridized carbons (Fsp3) is 0.267. The van der Waals surface area contributed by atoms with Gasteiger partial charge in [-0.3, -0.25) is 4.98 Å². The summed E-state index contributed by atoms with van der Waals surface area (Å²) >= 11 is 0. The van der Waals surface area contributed by atoms with Gasteiger partial charge in [0.05, 0.1) is 0 Å². The van der Waals surface area contributed by atoms with Crippen LogP contribution in [0.15, 0.2) is 48.8 Å². The zero-order chi connectivity index (χ0) is 11.9. The van der Waals surface area contributed by atoms with Crippen LogP contribution in [0, 0.1) is 0 Å². The Morgan fingerprint density at radius 3 is 2.59 bits per heavy atom. The van der Waals surface area contributed by atoms with E-state index in [0.29, 0.717) is 0 Å². The van der Waals surface area contributed by atoms with Crippen molar-refractivity contribution in [2.45, 2.75) is 19.8 Å². The lowest BCUT2D eigenvalue weighted by Gasteiger charge is -2.10. The third kappa shape index (κ3) is 3.31. The van der Waals surface area contributed by atoms with E-state index < -0.39 is 0 Å². The molecule has 0 aliphatic heterocycles. The van der Waals surface area contributed by atoms with E-state index in [1.165, 1.54) is 16.8 Å². The van der Waals surface area contributed by atoms with E-state index in [0.717, 1.165) is 19.4 Å². The van der Waals surface area contributed by atoms with Gasteiger partial charge < -0.3 is 5.32 Å². The summed E-state index contributed by atoms with van der Waals surface area (Å²) < 4.78 is 0. The van der Waals surface area contributed by atoms with Crippen molar-refractivity contribution in [3.63, 3.8) is 0 Å². The molecule has 0 aliphatic rings. The van der Waals surface area contributed by atoms with Crippen molar-refractivity contribution in [2.24, 2.45) is 0 Å². The van der Waals surface area contributed by atoms with E-state index >= 15 is 0 Å². The fourth-order valence-corrected chi connectivity index (χ4v) is 1.89. The maximum Gasteiger partial charge on any atom is 0.0372 e. The summed E-state index contributed by atoms with van der Waals surface area (Å²) in [5, 5.41) is 3.49. The Morgan fingerprint density at radius 2 is 1.82 bits per heavy atom. The maximum absolute atomic E-state index is 4.02. The molecule has 1 heterocycles. The van der Waals surface area contributed by atoms with Gasteiger partial charge in [-0.25, -0.2) is 0 Å². The molecule has 0 spiro atoms. The highest BCUT2D eigenvalue weighted by Gasteiger charge is 1.98. The van der Waals surface area contributed by atoms with Gasteiger partial charge in [0, 0.05) is 24.6 Å². The number of pyridine rings is 1. The molecule has 0 saturated carbocycles. The van der Waals surface area contributed by atoms with E-state index in [9.17, 15) is 0 Å². The summed E-state index contributed by atoms with van der Waals surface area (Å²) in [5.41, 5.74) is 3.95. The smallest absolute Gasteiger partial charge is 0.0372 e. The quantitative estimate of drug-likeness (QED) is 0.846. The van der Waals surface area contributed by atoms with Crippen molar-refractivity contribution in [3.8, 4) is 0 Å². The van der Waals surface area contributed by atoms with Crippen molar-refractivity contribution in [1.29, 1.82) is 0 Å². The van der Waals surface area contributed by atoms with Crippen LogP contribution in [0.2, 0.25) is 0 Å². The van der Waals surface area contributed by atoms with Crippen molar-refractivity contribution in [3.05, 3.63) is 59.9 Å². The van der Waals surface area contributed by atoms with E-state index in [1.54, 1.807) is 0 Å². The number of nitrogens with zero attached hydrogens (tertiary/aromatic N) is 1. The van der Waals surface area contributed by atoms with Gasteiger partial charge >= 0.3 is 0 Å². The molecule has 88 valence electrons. The molecule has 1 aromatic heterocycles. The first-order chi connectivity index (χ1) is 8.40. The molecule has 0 atom stereocenters. The Labute approximate surface area is 103 Å². The molecule has 2 aromatic rings. The molecule has 0 unspecified atom stereocenters. The summed E-state index contributed by atoms with van der Waals surface area (Å²) in [6.07, 6.45) is 5.78. The standard InChI is InChI=1S/C15H18N2/c1-2-14-5-3-4-6-15(14)17-12-9-13-7-10-16-11-8-13/h3-8,10-11,17H,2,9,12H2,1H3. The molecule has 0 fully saturated rings. The number of benzene rings is 1. The molecule has 0 bridgehead atoms. The molecule has 0 amide bonds. The molecule has 0 aliphatic carbocycles. The van der Waals surface area contributed by atoms with Gasteiger partial charge in [0.15, 0.2) is 0 Å². The number of rotatable bonds is 5. The van der Waals surface area contributed by atoms with Crippen molar-refractivity contribution < 1.29 is 0 Å². The molecule has 1 N–H and O–H groups in total. The van der Waals surface area contributed by atoms with Gasteiger partial charge in [-0.2, -0.15) is 0 Å². The minimum atomic E-state index is 0.959. The van der Waals surface area contributed by atoms with Crippen LogP contribution in [0.5, 0.6) is 0 Å². The van der Waals surface area contributed by atoms with Crippen LogP contribution in [0.1, 0.15) is 18.1 Å². The van der Waals surface area contributed by atoms with Gasteiger partial charge in [0.2, 0.25) is 0 Å². The van der Waals surface area contributed by atoms with E-state index in [-0.39, 0.29) is 0 Å². The molecule has 1 aromatic carbocycles. The highest BCUT2D eigenvalue weighted by Crippen LogP contribution is 2.15. The average molecular weight is 226 g/mol. The van der Waals surface area contributed by atoms with Crippen LogP contribution in [-0.2, 0) is 12.8 Å². The fourth-order valence-electron chi connectivity index (χ4n) is 1.89. The summed E-state index contributed by atoms with van der Waals surface area (Å²) in [7, 11) is 0. The molecule has 17 heavy (non-hydrogen) atoms. The van der Waals surface area contributed by atoms with Crippen LogP contribution < -0.4 is 5.32 Å². The van der Waals surface area contributed by atoms with Crippen molar-refractivity contribution in [2.75, 3.05) is 11.9 Å². The van der Waals surface area contributed by atoms with E-state index in [1.807, 2.05) is 12.4 Å². The minimum Gasteiger partial charge on any atom is -0.384 e. The van der Waals surface area contributed by atoms with Crippen molar-refractivity contribution >= 4 is 5.69 Å². The Morgan fingerprint density at radius 1 is 1.06 bits per heavy atom. The predicted octanol–water partition coefficient (Wildman–Crippen LogP) is 3.30. The normalized spacial score (nSPS) is 10.2. The molecule has 2 nitrogen and oxygen atoms in total. The summed E-state index contributed by atoms with van der Waals surface area (Å²) in [5.74, 6) is 0. The minimum absolute atomic E-state index is 0.959. The topological polar surface area (TPSA) is 24.9 Å². The molecular weight excluding hydrogens is 208 g/mol. The predicted molar refractivity (Wildman–Crippen MR) is 72.3 cm³/mol. The Balaban J connectivity index is 1.90. The van der Waals surface area contributed by atoms with Crippen LogP contribution >= 0.6 is 0 Å². The van der Waals surface area contributed by atoms with Gasteiger partial charge in [-0.15, -0.1) is 0 Å². The Kier molecular flexibility index (Phi) is 4.14. The molecule has 0 saturated heterocycles. The van der Waals surface area contributed by atoms with Gasteiger partial charge in [-0.05, 0) is 42.2 Å². The molecule has 0 radical (unpaired) electrons. The Bertz CT molecular complexity index is 451. The lowest BCUT2D eigenvalue weighted by molar-refractivity contribution is 1.00. The monoisotopic (exact) mass is 226 g/mol. The first-order valence-corrected chi connectivity index (χ1v) is 6.11. The van der Waals surface area contributed by atoms with Gasteiger partial charge in [-0.1, -0.05) is 25.1 Å². The van der Waals surface area contributed by atoms with Crippen LogP contribution in [0.25, 0.3) is 0 Å². The second-order valence-electron chi connectivity index (χ2n) is 4.04. The largest absolute Gasteiger partial charge is 0.384 e. The summed E-state index contributed by atoms with van der Waals surface area (Å²) in [6, 6.07) is 12.6. The summed E-state index contributed by atoms with van der Waals surface area (Å²) in [6.45, 7) is 3.14. The van der Waals surface area contributed by atoms with Crippen LogP contribution in [0.4, 0.5) is 5.69 Å². The Hall–Kier alpha value is -1.83. The number of anilines is 1. The second-order valence-corrected chi connectivity index (χ2v) is 4.04. The lowest BCUT2D eigenvalue weighted by atomic mass is 10.1. The van der Waals surface area contributed by atoms with Crippen molar-refractivity contribution in [1.82, 2.24) is 4.98 Å². The first-order valence-electron chi connectivity index (χ1n) is 6.11. The van der Waals surface area contributed by atoms with Crippen LogP contribution in [0.3, 0.4) is 0 Å². The molecule has 2 rings (SSSR count). The average Bonchev–Trinajstić information content (AvgIpc) is 2.40. The molecular formula is C15H18N2. The number of nitrogens with one attached hydrogen (secondary N) is 1. The number of hydrogen-bond donors (Lipinski definition) is 1. The third-order valence-electron chi connectivity index (χ3n) is 2.88. The SMILES string of the molecule is CCc1ccccc1NCCc1ccncc1. The van der Waals surface area contributed by atoms with Gasteiger partial charge in [0.1, 0.15) is 0 Å². The second kappa shape index (κ2) is 6.04. The van der Waals surface area contributed by atoms with E-state index in [2.05, 4.69) is 53.6 Å². The van der Waals surface area contributed by atoms with Gasteiger partial charge in [0.25, 0.3) is 0 Å². The van der Waals surface area contributed by atoms with E-state index in [4.69, 9.17) is 0 Å². The number of hydrogen-bond acceptors (Lipinski definition) is 2. The summed E-state index contributed by atoms with van der Waals surface area (Å²) in [4.78, 5) is 4.02. The highest BCUT2D eigenvalue weighted by molar-refractivity contribution is 5.51.